The highest BCUT2D eigenvalue weighted by Gasteiger charge is 2.24. The molecule has 1 heterocycles. The second-order valence-electron chi connectivity index (χ2n) is 3.27. The van der Waals surface area contributed by atoms with Gasteiger partial charge in [0.15, 0.2) is 0 Å². The average molecular weight is 262 g/mol. The second kappa shape index (κ2) is 5.76. The molecule has 1 aromatic rings. The van der Waals surface area contributed by atoms with Crippen molar-refractivity contribution in [2.24, 2.45) is 0 Å². The minimum Gasteiger partial charge on any atom is -0.469 e. The lowest BCUT2D eigenvalue weighted by Gasteiger charge is -2.17. The van der Waals surface area contributed by atoms with E-state index in [2.05, 4.69) is 14.7 Å². The smallest absolute Gasteiger partial charge is 0.308 e. The molecule has 0 aromatic carbocycles. The number of carbonyl (C=O) groups excluding carboxylic acids is 1. The van der Waals surface area contributed by atoms with E-state index in [1.807, 2.05) is 0 Å². The fourth-order valence-corrected chi connectivity index (χ4v) is 1.40. The average Bonchev–Trinajstić information content (AvgIpc) is 2.28. The number of hydrogen-bond donors (Lipinski definition) is 3. The first kappa shape index (κ1) is 13.6. The maximum Gasteiger partial charge on any atom is 0.308 e. The number of nitrogen functional groups attached to an aromatic ring is 1. The molecule has 0 fully saturated rings. The summed E-state index contributed by atoms with van der Waals surface area (Å²) in [5.41, 5.74) is 5.38. The van der Waals surface area contributed by atoms with Gasteiger partial charge in [0, 0.05) is 11.8 Å². The summed E-state index contributed by atoms with van der Waals surface area (Å²) in [6.45, 7) is 0. The molecule has 2 atom stereocenters. The van der Waals surface area contributed by atoms with Crippen LogP contribution in [-0.4, -0.2) is 39.4 Å². The van der Waals surface area contributed by atoms with Crippen molar-refractivity contribution in [1.82, 2.24) is 9.97 Å². The Morgan fingerprint density at radius 1 is 1.65 bits per heavy atom. The lowest BCUT2D eigenvalue weighted by atomic mass is 10.1. The van der Waals surface area contributed by atoms with E-state index in [4.69, 9.17) is 17.3 Å². The quantitative estimate of drug-likeness (QED) is 0.501. The topological polar surface area (TPSA) is 119 Å². The summed E-state index contributed by atoms with van der Waals surface area (Å²) < 4.78 is 4.36. The number of aromatic nitrogens is 2. The van der Waals surface area contributed by atoms with Crippen LogP contribution in [0.5, 0.6) is 0 Å². The number of hydrogen-bond acceptors (Lipinski definition) is 7. The highest BCUT2D eigenvalue weighted by atomic mass is 35.5. The van der Waals surface area contributed by atoms with Crippen molar-refractivity contribution in [3.8, 4) is 0 Å². The van der Waals surface area contributed by atoms with E-state index in [9.17, 15) is 15.0 Å². The maximum absolute atomic E-state index is 10.9. The molecule has 0 bridgehead atoms. The van der Waals surface area contributed by atoms with Gasteiger partial charge >= 0.3 is 5.97 Å². The molecule has 8 heteroatoms. The molecule has 2 unspecified atom stereocenters. The van der Waals surface area contributed by atoms with E-state index in [-0.39, 0.29) is 23.1 Å². The number of ether oxygens (including phenoxy) is 1. The Kier molecular flexibility index (Phi) is 4.62. The summed E-state index contributed by atoms with van der Waals surface area (Å²) in [6.07, 6.45) is -1.91. The Morgan fingerprint density at radius 3 is 2.82 bits per heavy atom. The molecule has 0 spiro atoms. The lowest BCUT2D eigenvalue weighted by molar-refractivity contribution is -0.144. The fraction of sp³-hybridized carbons (Fsp3) is 0.444. The van der Waals surface area contributed by atoms with Crippen molar-refractivity contribution in [3.05, 3.63) is 16.9 Å². The SMILES string of the molecule is COC(=O)CC(O)C(O)c1cnc(N)nc1Cl. The van der Waals surface area contributed by atoms with E-state index < -0.39 is 18.2 Å². The third-order valence-corrected chi connectivity index (χ3v) is 2.38. The Bertz CT molecular complexity index is 415. The summed E-state index contributed by atoms with van der Waals surface area (Å²) in [7, 11) is 1.18. The van der Waals surface area contributed by atoms with Gasteiger partial charge in [0.05, 0.1) is 19.6 Å². The predicted octanol–water partition coefficient (Wildman–Crippen LogP) is -0.330. The van der Waals surface area contributed by atoms with E-state index in [1.54, 1.807) is 0 Å². The van der Waals surface area contributed by atoms with Gasteiger partial charge in [-0.2, -0.15) is 0 Å². The van der Waals surface area contributed by atoms with Gasteiger partial charge in [-0.15, -0.1) is 0 Å². The van der Waals surface area contributed by atoms with Gasteiger partial charge in [0.25, 0.3) is 0 Å². The molecule has 1 aromatic heterocycles. The minimum absolute atomic E-state index is 0.0478. The molecule has 0 aliphatic rings. The molecular formula is C9H12ClN3O4. The summed E-state index contributed by atoms with van der Waals surface area (Å²) in [5, 5.41) is 19.2. The molecule has 0 radical (unpaired) electrons. The zero-order chi connectivity index (χ0) is 13.0. The van der Waals surface area contributed by atoms with Crippen LogP contribution in [-0.2, 0) is 9.53 Å². The van der Waals surface area contributed by atoms with Gasteiger partial charge in [0.2, 0.25) is 5.95 Å². The zero-order valence-corrected chi connectivity index (χ0v) is 9.76. The number of nitrogens with two attached hydrogens (primary N) is 1. The normalized spacial score (nSPS) is 14.1. The largest absolute Gasteiger partial charge is 0.469 e. The molecule has 0 aliphatic carbocycles. The molecule has 17 heavy (non-hydrogen) atoms. The van der Waals surface area contributed by atoms with Crippen LogP contribution in [0, 0.1) is 0 Å². The van der Waals surface area contributed by atoms with E-state index in [0.29, 0.717) is 0 Å². The van der Waals surface area contributed by atoms with E-state index in [0.717, 1.165) is 0 Å². The molecule has 94 valence electrons. The van der Waals surface area contributed by atoms with Crippen LogP contribution in [0.2, 0.25) is 5.15 Å². The number of esters is 1. The number of nitrogens with zero attached hydrogens (tertiary/aromatic N) is 2. The first-order chi connectivity index (χ1) is 7.95. The van der Waals surface area contributed by atoms with Crippen molar-refractivity contribution in [3.63, 3.8) is 0 Å². The van der Waals surface area contributed by atoms with Crippen molar-refractivity contribution >= 4 is 23.5 Å². The highest BCUT2D eigenvalue weighted by molar-refractivity contribution is 6.30. The van der Waals surface area contributed by atoms with Gasteiger partial charge in [-0.1, -0.05) is 11.6 Å². The first-order valence-electron chi connectivity index (χ1n) is 4.66. The van der Waals surface area contributed by atoms with Crippen LogP contribution >= 0.6 is 11.6 Å². The number of halogens is 1. The summed E-state index contributed by atoms with van der Waals surface area (Å²) in [4.78, 5) is 18.2. The number of aliphatic hydroxyl groups excluding tert-OH is 2. The van der Waals surface area contributed by atoms with E-state index in [1.165, 1.54) is 13.3 Å². The molecule has 0 amide bonds. The highest BCUT2D eigenvalue weighted by Crippen LogP contribution is 2.24. The number of aliphatic hydroxyl groups is 2. The third kappa shape index (κ3) is 3.52. The summed E-state index contributed by atoms with van der Waals surface area (Å²) in [6, 6.07) is 0. The zero-order valence-electron chi connectivity index (χ0n) is 9.00. The van der Waals surface area contributed by atoms with Crippen LogP contribution < -0.4 is 5.73 Å². The van der Waals surface area contributed by atoms with Crippen LogP contribution in [0.25, 0.3) is 0 Å². The van der Waals surface area contributed by atoms with Crippen LogP contribution in [0.3, 0.4) is 0 Å². The number of anilines is 1. The monoisotopic (exact) mass is 261 g/mol. The molecular weight excluding hydrogens is 250 g/mol. The number of rotatable bonds is 4. The molecule has 1 rings (SSSR count). The Balaban J connectivity index is 2.81. The minimum atomic E-state index is -1.39. The number of carbonyl (C=O) groups is 1. The van der Waals surface area contributed by atoms with Crippen molar-refractivity contribution in [2.75, 3.05) is 12.8 Å². The fourth-order valence-electron chi connectivity index (χ4n) is 1.15. The third-order valence-electron chi connectivity index (χ3n) is 2.07. The van der Waals surface area contributed by atoms with Gasteiger partial charge in [-0.25, -0.2) is 9.97 Å². The van der Waals surface area contributed by atoms with Crippen molar-refractivity contribution in [1.29, 1.82) is 0 Å². The van der Waals surface area contributed by atoms with Crippen LogP contribution in [0.1, 0.15) is 18.1 Å². The summed E-state index contributed by atoms with van der Waals surface area (Å²) in [5.74, 6) is -0.697. The standard InChI is InChI=1S/C9H12ClN3O4/c1-17-6(15)2-5(14)7(16)4-3-12-9(11)13-8(4)10/h3,5,7,14,16H,2H2,1H3,(H2,11,12,13). The molecule has 0 aliphatic heterocycles. The maximum atomic E-state index is 10.9. The Labute approximate surface area is 102 Å². The van der Waals surface area contributed by atoms with Gasteiger partial charge in [-0.05, 0) is 0 Å². The van der Waals surface area contributed by atoms with Crippen LogP contribution in [0.4, 0.5) is 5.95 Å². The van der Waals surface area contributed by atoms with Gasteiger partial charge < -0.3 is 20.7 Å². The van der Waals surface area contributed by atoms with Crippen LogP contribution in [0.15, 0.2) is 6.20 Å². The molecule has 7 nitrogen and oxygen atoms in total. The predicted molar refractivity (Wildman–Crippen MR) is 59.1 cm³/mol. The second-order valence-corrected chi connectivity index (χ2v) is 3.62. The Morgan fingerprint density at radius 2 is 2.29 bits per heavy atom. The van der Waals surface area contributed by atoms with Gasteiger partial charge in [-0.3, -0.25) is 4.79 Å². The number of methoxy groups -OCH3 is 1. The molecule has 4 N–H and O–H groups in total. The lowest BCUT2D eigenvalue weighted by Crippen LogP contribution is -2.23. The molecule has 0 saturated carbocycles. The Hall–Kier alpha value is -1.44. The van der Waals surface area contributed by atoms with Crippen molar-refractivity contribution in [2.45, 2.75) is 18.6 Å². The van der Waals surface area contributed by atoms with E-state index >= 15 is 0 Å². The summed E-state index contributed by atoms with van der Waals surface area (Å²) >= 11 is 5.72. The van der Waals surface area contributed by atoms with Gasteiger partial charge in [0.1, 0.15) is 11.3 Å². The van der Waals surface area contributed by atoms with Crippen molar-refractivity contribution < 1.29 is 19.7 Å². The first-order valence-corrected chi connectivity index (χ1v) is 5.04. The molecule has 0 saturated heterocycles.